The number of hydrogen-bond donors (Lipinski definition) is 0. The SMILES string of the molecule is Cn1ncc2c(OC3CC4(C3)CN(CCCc3cc5nncn5cc3F)C4)ccc(Cl)c2c1=O. The molecule has 1 aromatic carbocycles. The molecule has 1 aliphatic carbocycles. The molecule has 10 heteroatoms. The highest BCUT2D eigenvalue weighted by Gasteiger charge is 2.53. The van der Waals surface area contributed by atoms with Gasteiger partial charge in [-0.3, -0.25) is 9.20 Å². The van der Waals surface area contributed by atoms with Crippen LogP contribution >= 0.6 is 11.6 Å². The fourth-order valence-corrected chi connectivity index (χ4v) is 5.68. The molecule has 2 aliphatic rings. The van der Waals surface area contributed by atoms with Crippen LogP contribution in [0.25, 0.3) is 16.4 Å². The van der Waals surface area contributed by atoms with E-state index in [1.165, 1.54) is 17.2 Å². The smallest absolute Gasteiger partial charge is 0.276 e. The second-order valence-corrected chi connectivity index (χ2v) is 10.0. The third-order valence-electron chi connectivity index (χ3n) is 7.14. The largest absolute Gasteiger partial charge is 0.490 e. The number of fused-ring (bicyclic) bond motifs is 2. The van der Waals surface area contributed by atoms with Crippen LogP contribution in [0.5, 0.6) is 5.75 Å². The van der Waals surface area contributed by atoms with Crippen molar-refractivity contribution in [3.63, 3.8) is 0 Å². The molecule has 6 rings (SSSR count). The molecule has 2 fully saturated rings. The monoisotopic (exact) mass is 482 g/mol. The molecule has 0 atom stereocenters. The third kappa shape index (κ3) is 3.63. The van der Waals surface area contributed by atoms with Crippen LogP contribution in [-0.4, -0.2) is 55.0 Å². The summed E-state index contributed by atoms with van der Waals surface area (Å²) in [5, 5.41) is 13.4. The number of halogens is 2. The summed E-state index contributed by atoms with van der Waals surface area (Å²) in [5.74, 6) is 0.446. The van der Waals surface area contributed by atoms with Gasteiger partial charge in [0, 0.05) is 31.7 Å². The number of aryl methyl sites for hydroxylation is 2. The van der Waals surface area contributed by atoms with Crippen molar-refractivity contribution in [2.45, 2.75) is 31.8 Å². The van der Waals surface area contributed by atoms with Gasteiger partial charge in [0.1, 0.15) is 17.9 Å². The van der Waals surface area contributed by atoms with Crippen LogP contribution in [0.15, 0.2) is 41.7 Å². The molecule has 1 saturated carbocycles. The Kier molecular flexibility index (Phi) is 5.07. The molecule has 0 bridgehead atoms. The zero-order valence-electron chi connectivity index (χ0n) is 18.7. The van der Waals surface area contributed by atoms with Crippen molar-refractivity contribution in [1.82, 2.24) is 29.3 Å². The lowest BCUT2D eigenvalue weighted by Crippen LogP contribution is -2.64. The van der Waals surface area contributed by atoms with E-state index in [0.717, 1.165) is 38.9 Å². The van der Waals surface area contributed by atoms with Gasteiger partial charge in [0.15, 0.2) is 5.65 Å². The van der Waals surface area contributed by atoms with Crippen molar-refractivity contribution >= 4 is 28.0 Å². The summed E-state index contributed by atoms with van der Waals surface area (Å²) >= 11 is 6.26. The first-order valence-electron chi connectivity index (χ1n) is 11.4. The van der Waals surface area contributed by atoms with E-state index >= 15 is 0 Å². The Morgan fingerprint density at radius 2 is 2.12 bits per heavy atom. The topological polar surface area (TPSA) is 77.6 Å². The van der Waals surface area contributed by atoms with E-state index < -0.39 is 0 Å². The first kappa shape index (κ1) is 21.5. The van der Waals surface area contributed by atoms with Gasteiger partial charge in [-0.25, -0.2) is 9.07 Å². The summed E-state index contributed by atoms with van der Waals surface area (Å²) in [5.41, 5.74) is 1.44. The minimum atomic E-state index is -0.228. The molecule has 1 spiro atoms. The van der Waals surface area contributed by atoms with Crippen molar-refractivity contribution in [3.8, 4) is 5.75 Å². The van der Waals surface area contributed by atoms with Gasteiger partial charge in [-0.2, -0.15) is 5.10 Å². The van der Waals surface area contributed by atoms with Crippen LogP contribution in [-0.2, 0) is 13.5 Å². The highest BCUT2D eigenvalue weighted by Crippen LogP contribution is 2.50. The molecular weight excluding hydrogens is 459 g/mol. The Morgan fingerprint density at radius 1 is 1.29 bits per heavy atom. The van der Waals surface area contributed by atoms with Gasteiger partial charge in [0.2, 0.25) is 0 Å². The van der Waals surface area contributed by atoms with E-state index in [0.29, 0.717) is 44.6 Å². The van der Waals surface area contributed by atoms with Crippen molar-refractivity contribution < 1.29 is 9.13 Å². The molecule has 0 amide bonds. The number of pyridine rings is 1. The summed E-state index contributed by atoms with van der Waals surface area (Å²) in [7, 11) is 1.61. The number of benzene rings is 1. The standard InChI is InChI=1S/C24H24ClFN6O2/c1-30-23(33)22-17(10-28-30)20(5-4-18(22)25)34-16-8-24(9-16)12-31(13-24)6-2-3-15-7-21-29-27-14-32(21)11-19(15)26/h4-5,7,10-11,14,16H,2-3,6,8-9,12-13H2,1H3. The molecule has 8 nitrogen and oxygen atoms in total. The summed E-state index contributed by atoms with van der Waals surface area (Å²) < 4.78 is 23.4. The first-order chi connectivity index (χ1) is 16.4. The fraction of sp³-hybridized carbons (Fsp3) is 0.417. The summed E-state index contributed by atoms with van der Waals surface area (Å²) in [6.07, 6.45) is 8.27. The average molecular weight is 483 g/mol. The van der Waals surface area contributed by atoms with E-state index in [-0.39, 0.29) is 17.5 Å². The zero-order chi connectivity index (χ0) is 23.4. The molecule has 4 heterocycles. The molecule has 34 heavy (non-hydrogen) atoms. The summed E-state index contributed by atoms with van der Waals surface area (Å²) in [4.78, 5) is 14.9. The van der Waals surface area contributed by atoms with E-state index in [4.69, 9.17) is 16.3 Å². The second-order valence-electron chi connectivity index (χ2n) is 9.61. The highest BCUT2D eigenvalue weighted by molar-refractivity contribution is 6.35. The Morgan fingerprint density at radius 3 is 2.94 bits per heavy atom. The van der Waals surface area contributed by atoms with E-state index in [9.17, 15) is 9.18 Å². The quantitative estimate of drug-likeness (QED) is 0.420. The minimum Gasteiger partial charge on any atom is -0.490 e. The van der Waals surface area contributed by atoms with Crippen molar-refractivity contribution in [1.29, 1.82) is 0 Å². The van der Waals surface area contributed by atoms with E-state index in [2.05, 4.69) is 20.2 Å². The van der Waals surface area contributed by atoms with Crippen LogP contribution < -0.4 is 10.3 Å². The highest BCUT2D eigenvalue weighted by atomic mass is 35.5. The van der Waals surface area contributed by atoms with Gasteiger partial charge in [0.05, 0.1) is 28.1 Å². The zero-order valence-corrected chi connectivity index (χ0v) is 19.5. The fourth-order valence-electron chi connectivity index (χ4n) is 5.44. The Labute approximate surface area is 199 Å². The van der Waals surface area contributed by atoms with Gasteiger partial charge in [-0.1, -0.05) is 11.6 Å². The molecule has 1 saturated heterocycles. The maximum Gasteiger partial charge on any atom is 0.276 e. The number of likely N-dealkylation sites (tertiary alicyclic amines) is 1. The maximum absolute atomic E-state index is 14.3. The predicted molar refractivity (Wildman–Crippen MR) is 126 cm³/mol. The Hall–Kier alpha value is -3.04. The van der Waals surface area contributed by atoms with Gasteiger partial charge in [-0.15, -0.1) is 10.2 Å². The lowest BCUT2D eigenvalue weighted by atomic mass is 9.61. The van der Waals surface area contributed by atoms with Crippen LogP contribution in [0.2, 0.25) is 5.02 Å². The molecule has 176 valence electrons. The average Bonchev–Trinajstić information content (AvgIpc) is 3.21. The Bertz CT molecular complexity index is 1450. The Balaban J connectivity index is 1.01. The third-order valence-corrected chi connectivity index (χ3v) is 7.45. The lowest BCUT2D eigenvalue weighted by Gasteiger charge is -2.58. The van der Waals surface area contributed by atoms with Gasteiger partial charge in [0.25, 0.3) is 5.56 Å². The number of ether oxygens (including phenoxy) is 1. The van der Waals surface area contributed by atoms with E-state index in [1.54, 1.807) is 29.8 Å². The first-order valence-corrected chi connectivity index (χ1v) is 11.8. The number of hydrogen-bond acceptors (Lipinski definition) is 6. The molecule has 4 aromatic rings. The van der Waals surface area contributed by atoms with E-state index in [1.807, 2.05) is 6.07 Å². The predicted octanol–water partition coefficient (Wildman–Crippen LogP) is 3.24. The van der Waals surface area contributed by atoms with Crippen LogP contribution in [0.3, 0.4) is 0 Å². The normalized spacial score (nSPS) is 17.9. The minimum absolute atomic E-state index is 0.125. The van der Waals surface area contributed by atoms with Crippen LogP contribution in [0.4, 0.5) is 4.39 Å². The molecule has 3 aromatic heterocycles. The van der Waals surface area contributed by atoms with Crippen molar-refractivity contribution in [2.24, 2.45) is 12.5 Å². The van der Waals surface area contributed by atoms with Crippen LogP contribution in [0.1, 0.15) is 24.8 Å². The van der Waals surface area contributed by atoms with Gasteiger partial charge >= 0.3 is 0 Å². The summed E-state index contributed by atoms with van der Waals surface area (Å²) in [6, 6.07) is 5.31. The maximum atomic E-state index is 14.3. The molecule has 0 unspecified atom stereocenters. The second kappa shape index (κ2) is 8.02. The van der Waals surface area contributed by atoms with Gasteiger partial charge in [-0.05, 0) is 56.0 Å². The molecule has 1 aliphatic heterocycles. The van der Waals surface area contributed by atoms with Gasteiger partial charge < -0.3 is 9.64 Å². The van der Waals surface area contributed by atoms with Crippen LogP contribution in [0, 0.1) is 11.2 Å². The number of nitrogens with zero attached hydrogens (tertiary/aromatic N) is 6. The van der Waals surface area contributed by atoms with Crippen molar-refractivity contribution in [3.05, 3.63) is 63.7 Å². The molecule has 0 radical (unpaired) electrons. The molecule has 0 N–H and O–H groups in total. The lowest BCUT2D eigenvalue weighted by molar-refractivity contribution is -0.118. The number of aromatic nitrogens is 5. The molecular formula is C24H24ClFN6O2. The summed E-state index contributed by atoms with van der Waals surface area (Å²) in [6.45, 7) is 3.03. The van der Waals surface area contributed by atoms with Crippen molar-refractivity contribution in [2.75, 3.05) is 19.6 Å². The number of rotatable bonds is 6.